The van der Waals surface area contributed by atoms with Gasteiger partial charge in [0.15, 0.2) is 5.76 Å². The maximum absolute atomic E-state index is 9.48. The minimum atomic E-state index is -0.991. The van der Waals surface area contributed by atoms with Crippen LogP contribution in [0.3, 0.4) is 0 Å². The van der Waals surface area contributed by atoms with E-state index in [4.69, 9.17) is 4.42 Å². The Morgan fingerprint density at radius 1 is 1.25 bits per heavy atom. The van der Waals surface area contributed by atoms with Crippen LogP contribution in [-0.2, 0) is 0 Å². The molecule has 0 atom stereocenters. The van der Waals surface area contributed by atoms with Gasteiger partial charge in [-0.3, -0.25) is 0 Å². The Hall–Kier alpha value is -1.72. The molecule has 0 aliphatic heterocycles. The second-order valence-electron chi connectivity index (χ2n) is 4.46. The highest BCUT2D eigenvalue weighted by Crippen LogP contribution is 2.20. The molecule has 1 N–H and O–H groups in total. The largest absolute Gasteiger partial charge is 0.448 e. The maximum Gasteiger partial charge on any atom is 0.178 e. The van der Waals surface area contributed by atoms with Gasteiger partial charge in [0.05, 0.1) is 0 Å². The van der Waals surface area contributed by atoms with Crippen LogP contribution in [0.4, 0.5) is 0 Å². The van der Waals surface area contributed by atoms with Crippen molar-refractivity contribution in [1.82, 2.24) is 0 Å². The Morgan fingerprint density at radius 3 is 2.69 bits per heavy atom. The van der Waals surface area contributed by atoms with E-state index in [0.717, 1.165) is 11.0 Å². The average Bonchev–Trinajstić information content (AvgIpc) is 2.55. The number of aryl methyl sites for hydroxylation is 1. The zero-order valence-corrected chi connectivity index (χ0v) is 9.66. The predicted molar refractivity (Wildman–Crippen MR) is 64.1 cm³/mol. The highest BCUT2D eigenvalue weighted by atomic mass is 16.3. The van der Waals surface area contributed by atoms with Crippen molar-refractivity contribution < 1.29 is 9.52 Å². The third-order valence-corrected chi connectivity index (χ3v) is 2.16. The topological polar surface area (TPSA) is 33.4 Å². The normalized spacial score (nSPS) is 11.2. The molecule has 0 spiro atoms. The van der Waals surface area contributed by atoms with Gasteiger partial charge in [-0.25, -0.2) is 0 Å². The van der Waals surface area contributed by atoms with Crippen molar-refractivity contribution in [2.45, 2.75) is 26.4 Å². The van der Waals surface area contributed by atoms with Crippen molar-refractivity contribution in [1.29, 1.82) is 0 Å². The predicted octanol–water partition coefficient (Wildman–Crippen LogP) is 2.86. The van der Waals surface area contributed by atoms with Gasteiger partial charge in [-0.1, -0.05) is 17.6 Å². The average molecular weight is 214 g/mol. The van der Waals surface area contributed by atoms with E-state index in [1.807, 2.05) is 31.2 Å². The number of aliphatic hydroxyl groups is 1. The van der Waals surface area contributed by atoms with E-state index in [0.29, 0.717) is 5.76 Å². The second-order valence-corrected chi connectivity index (χ2v) is 4.46. The highest BCUT2D eigenvalue weighted by Gasteiger charge is 2.07. The van der Waals surface area contributed by atoms with E-state index in [1.165, 1.54) is 5.56 Å². The van der Waals surface area contributed by atoms with Crippen LogP contribution in [0.15, 0.2) is 28.7 Å². The quantitative estimate of drug-likeness (QED) is 0.684. The molecule has 0 aliphatic carbocycles. The van der Waals surface area contributed by atoms with Crippen molar-refractivity contribution in [3.05, 3.63) is 35.6 Å². The lowest BCUT2D eigenvalue weighted by Gasteiger charge is -2.05. The van der Waals surface area contributed by atoms with Gasteiger partial charge in [-0.05, 0) is 38.8 Å². The monoisotopic (exact) mass is 214 g/mol. The second kappa shape index (κ2) is 3.70. The highest BCUT2D eigenvalue weighted by molar-refractivity contribution is 5.79. The summed E-state index contributed by atoms with van der Waals surface area (Å²) in [7, 11) is 0. The van der Waals surface area contributed by atoms with Gasteiger partial charge in [-0.15, -0.1) is 0 Å². The smallest absolute Gasteiger partial charge is 0.178 e. The molecular weight excluding hydrogens is 200 g/mol. The Bertz CT molecular complexity index is 574. The fourth-order valence-corrected chi connectivity index (χ4v) is 1.44. The van der Waals surface area contributed by atoms with Crippen LogP contribution in [0.25, 0.3) is 11.0 Å². The fourth-order valence-electron chi connectivity index (χ4n) is 1.44. The van der Waals surface area contributed by atoms with Crippen molar-refractivity contribution in [3.63, 3.8) is 0 Å². The zero-order chi connectivity index (χ0) is 11.8. The lowest BCUT2D eigenvalue weighted by Crippen LogP contribution is -2.14. The summed E-state index contributed by atoms with van der Waals surface area (Å²) >= 11 is 0. The molecule has 0 bridgehead atoms. The summed E-state index contributed by atoms with van der Waals surface area (Å²) < 4.78 is 5.53. The molecule has 2 rings (SSSR count). The van der Waals surface area contributed by atoms with Crippen molar-refractivity contribution in [2.75, 3.05) is 0 Å². The number of benzene rings is 1. The van der Waals surface area contributed by atoms with Crippen LogP contribution in [0.1, 0.15) is 25.2 Å². The summed E-state index contributed by atoms with van der Waals surface area (Å²) in [5.74, 6) is 6.14. The van der Waals surface area contributed by atoms with Crippen molar-refractivity contribution >= 4 is 11.0 Å². The van der Waals surface area contributed by atoms with Gasteiger partial charge in [0, 0.05) is 11.5 Å². The Balaban J connectivity index is 2.43. The lowest BCUT2D eigenvalue weighted by molar-refractivity contribution is 0.143. The molecule has 82 valence electrons. The van der Waals surface area contributed by atoms with E-state index in [1.54, 1.807) is 13.8 Å². The third kappa shape index (κ3) is 2.44. The van der Waals surface area contributed by atoms with Gasteiger partial charge in [0.2, 0.25) is 0 Å². The van der Waals surface area contributed by atoms with E-state index in [-0.39, 0.29) is 0 Å². The first kappa shape index (κ1) is 10.8. The summed E-state index contributed by atoms with van der Waals surface area (Å²) in [5.41, 5.74) is 1.02. The molecule has 1 aromatic carbocycles. The van der Waals surface area contributed by atoms with Gasteiger partial charge in [0.1, 0.15) is 11.2 Å². The molecule has 2 nitrogen and oxygen atoms in total. The standard InChI is InChI=1S/C14H14O2/c1-10-4-5-13-11(8-10)9-12(16-13)6-7-14(2,3)15/h4-5,8-9,15H,1-3H3. The minimum Gasteiger partial charge on any atom is -0.448 e. The molecule has 2 aromatic rings. The Labute approximate surface area is 94.9 Å². The summed E-state index contributed by atoms with van der Waals surface area (Å²) in [6.07, 6.45) is 0. The first-order valence-corrected chi connectivity index (χ1v) is 5.20. The summed E-state index contributed by atoms with van der Waals surface area (Å²) in [6.45, 7) is 5.33. The van der Waals surface area contributed by atoms with Crippen LogP contribution < -0.4 is 0 Å². The van der Waals surface area contributed by atoms with Gasteiger partial charge in [0.25, 0.3) is 0 Å². The van der Waals surface area contributed by atoms with Crippen LogP contribution in [0, 0.1) is 18.8 Å². The van der Waals surface area contributed by atoms with Crippen LogP contribution in [-0.4, -0.2) is 10.7 Å². The number of rotatable bonds is 0. The third-order valence-electron chi connectivity index (χ3n) is 2.16. The van der Waals surface area contributed by atoms with Gasteiger partial charge < -0.3 is 9.52 Å². The molecule has 16 heavy (non-hydrogen) atoms. The number of hydrogen-bond acceptors (Lipinski definition) is 2. The first-order chi connectivity index (χ1) is 7.44. The van der Waals surface area contributed by atoms with E-state index >= 15 is 0 Å². The first-order valence-electron chi connectivity index (χ1n) is 5.20. The minimum absolute atomic E-state index is 0.586. The van der Waals surface area contributed by atoms with Crippen molar-refractivity contribution in [2.24, 2.45) is 0 Å². The van der Waals surface area contributed by atoms with Crippen LogP contribution >= 0.6 is 0 Å². The SMILES string of the molecule is Cc1ccc2oc(C#CC(C)(C)O)cc2c1. The Morgan fingerprint density at radius 2 is 2.00 bits per heavy atom. The molecule has 1 aromatic heterocycles. The lowest BCUT2D eigenvalue weighted by atomic mass is 10.1. The van der Waals surface area contributed by atoms with Crippen molar-refractivity contribution in [3.8, 4) is 11.8 Å². The molecule has 2 heteroatoms. The fraction of sp³-hybridized carbons (Fsp3) is 0.286. The van der Waals surface area contributed by atoms with Gasteiger partial charge in [-0.2, -0.15) is 0 Å². The summed E-state index contributed by atoms with van der Waals surface area (Å²) in [4.78, 5) is 0. The summed E-state index contributed by atoms with van der Waals surface area (Å²) in [6, 6.07) is 7.87. The Kier molecular flexibility index (Phi) is 2.49. The number of furan rings is 1. The number of fused-ring (bicyclic) bond motifs is 1. The van der Waals surface area contributed by atoms with Crippen LogP contribution in [0.5, 0.6) is 0 Å². The zero-order valence-electron chi connectivity index (χ0n) is 9.66. The van der Waals surface area contributed by atoms with E-state index < -0.39 is 5.60 Å². The van der Waals surface area contributed by atoms with E-state index in [9.17, 15) is 5.11 Å². The van der Waals surface area contributed by atoms with E-state index in [2.05, 4.69) is 11.8 Å². The van der Waals surface area contributed by atoms with Crippen LogP contribution in [0.2, 0.25) is 0 Å². The number of hydrogen-bond donors (Lipinski definition) is 1. The molecule has 1 heterocycles. The summed E-state index contributed by atoms with van der Waals surface area (Å²) in [5, 5.41) is 10.5. The molecule has 0 amide bonds. The molecule has 0 unspecified atom stereocenters. The molecule has 0 saturated carbocycles. The molecule has 0 saturated heterocycles. The molecule has 0 fully saturated rings. The maximum atomic E-state index is 9.48. The van der Waals surface area contributed by atoms with Gasteiger partial charge >= 0.3 is 0 Å². The molecular formula is C14H14O2. The molecule has 0 radical (unpaired) electrons. The molecule has 0 aliphatic rings.